The Bertz CT molecular complexity index is 451. The molecule has 0 saturated carbocycles. The van der Waals surface area contributed by atoms with Crippen LogP contribution in [0.15, 0.2) is 12.1 Å². The lowest BCUT2D eigenvalue weighted by Gasteiger charge is -2.37. The Labute approximate surface area is 117 Å². The molecule has 2 bridgehead atoms. The summed E-state index contributed by atoms with van der Waals surface area (Å²) in [5, 5.41) is 9.22. The normalized spacial score (nSPS) is 29.8. The Balaban J connectivity index is 1.72. The first kappa shape index (κ1) is 12.9. The van der Waals surface area contributed by atoms with Gasteiger partial charge in [-0.25, -0.2) is 0 Å². The molecule has 2 fully saturated rings. The number of ether oxygens (including phenoxy) is 1. The fraction of sp³-hybridized carbons (Fsp3) is 0.643. The molecule has 3 rings (SSSR count). The first-order valence-electron chi connectivity index (χ1n) is 6.83. The number of hydrogen-bond acceptors (Lipinski definition) is 5. The van der Waals surface area contributed by atoms with Gasteiger partial charge in [-0.1, -0.05) is 6.42 Å². The minimum atomic E-state index is 0.138. The van der Waals surface area contributed by atoms with Crippen molar-refractivity contribution in [3.05, 3.63) is 17.8 Å². The molecule has 0 aromatic carbocycles. The Morgan fingerprint density at radius 3 is 2.58 bits per heavy atom. The van der Waals surface area contributed by atoms with E-state index in [0.717, 1.165) is 12.8 Å². The molecule has 1 aromatic rings. The first-order chi connectivity index (χ1) is 9.26. The average molecular weight is 278 g/mol. The van der Waals surface area contributed by atoms with Crippen LogP contribution in [0.3, 0.4) is 0 Å². The van der Waals surface area contributed by atoms with Crippen LogP contribution in [0, 0.1) is 5.92 Å². The van der Waals surface area contributed by atoms with Crippen LogP contribution >= 0.6 is 11.8 Å². The number of carbonyl (C=O) groups excluding carboxylic acids is 1. The van der Waals surface area contributed by atoms with Crippen molar-refractivity contribution in [3.8, 4) is 5.88 Å². The molecule has 2 aliphatic heterocycles. The third-order valence-corrected chi connectivity index (χ3v) is 5.63. The molecule has 0 N–H and O–H groups in total. The molecule has 5 heteroatoms. The lowest BCUT2D eigenvalue weighted by atomic mass is 9.85. The second-order valence-electron chi connectivity index (χ2n) is 5.30. The van der Waals surface area contributed by atoms with Gasteiger partial charge in [0.15, 0.2) is 5.78 Å². The lowest BCUT2D eigenvalue weighted by molar-refractivity contribution is 0.0890. The molecule has 102 valence electrons. The molecule has 2 unspecified atom stereocenters. The van der Waals surface area contributed by atoms with Gasteiger partial charge in [-0.3, -0.25) is 4.79 Å². The van der Waals surface area contributed by atoms with Gasteiger partial charge in [0.05, 0.1) is 7.11 Å². The van der Waals surface area contributed by atoms with Gasteiger partial charge in [0.25, 0.3) is 0 Å². The van der Waals surface area contributed by atoms with Crippen molar-refractivity contribution >= 4 is 17.5 Å². The Morgan fingerprint density at radius 1 is 1.26 bits per heavy atom. The quantitative estimate of drug-likeness (QED) is 0.796. The SMILES string of the molecule is COc1ccc(C(=O)C2CC3CCCC(C2)S3)nn1. The summed E-state index contributed by atoms with van der Waals surface area (Å²) in [6.45, 7) is 0. The summed E-state index contributed by atoms with van der Waals surface area (Å²) in [6.07, 6.45) is 5.87. The first-order valence-corrected chi connectivity index (χ1v) is 7.78. The number of methoxy groups -OCH3 is 1. The highest BCUT2D eigenvalue weighted by Crippen LogP contribution is 2.44. The van der Waals surface area contributed by atoms with Crippen molar-refractivity contribution in [3.63, 3.8) is 0 Å². The number of hydrogen-bond donors (Lipinski definition) is 0. The third kappa shape index (κ3) is 2.76. The molecule has 4 nitrogen and oxygen atoms in total. The molecule has 0 amide bonds. The van der Waals surface area contributed by atoms with E-state index >= 15 is 0 Å². The monoisotopic (exact) mass is 278 g/mol. The molecule has 0 radical (unpaired) electrons. The molecular weight excluding hydrogens is 260 g/mol. The summed E-state index contributed by atoms with van der Waals surface area (Å²) >= 11 is 2.09. The summed E-state index contributed by atoms with van der Waals surface area (Å²) in [4.78, 5) is 12.5. The number of thioether (sulfide) groups is 1. The van der Waals surface area contributed by atoms with Gasteiger partial charge >= 0.3 is 0 Å². The number of rotatable bonds is 3. The number of carbonyl (C=O) groups is 1. The summed E-state index contributed by atoms with van der Waals surface area (Å²) in [5.74, 6) is 0.749. The highest BCUT2D eigenvalue weighted by molar-refractivity contribution is 8.00. The van der Waals surface area contributed by atoms with E-state index in [1.54, 1.807) is 19.2 Å². The van der Waals surface area contributed by atoms with Crippen LogP contribution in [0.1, 0.15) is 42.6 Å². The second kappa shape index (κ2) is 5.49. The predicted octanol–water partition coefficient (Wildman–Crippen LogP) is 2.73. The second-order valence-corrected chi connectivity index (χ2v) is 6.91. The summed E-state index contributed by atoms with van der Waals surface area (Å²) in [5.41, 5.74) is 0.482. The minimum absolute atomic E-state index is 0.138. The van der Waals surface area contributed by atoms with Crippen molar-refractivity contribution in [2.75, 3.05) is 7.11 Å². The van der Waals surface area contributed by atoms with Crippen LogP contribution in [-0.2, 0) is 0 Å². The Hall–Kier alpha value is -1.10. The van der Waals surface area contributed by atoms with Crippen LogP contribution < -0.4 is 4.74 Å². The smallest absolute Gasteiger partial charge is 0.233 e. The molecule has 0 aliphatic carbocycles. The molecule has 19 heavy (non-hydrogen) atoms. The van der Waals surface area contributed by atoms with Crippen LogP contribution in [0.2, 0.25) is 0 Å². The van der Waals surface area contributed by atoms with E-state index in [4.69, 9.17) is 4.74 Å². The van der Waals surface area contributed by atoms with Gasteiger partial charge in [-0.2, -0.15) is 11.8 Å². The summed E-state index contributed by atoms with van der Waals surface area (Å²) < 4.78 is 4.97. The van der Waals surface area contributed by atoms with Crippen molar-refractivity contribution in [2.45, 2.75) is 42.6 Å². The van der Waals surface area contributed by atoms with E-state index in [2.05, 4.69) is 22.0 Å². The van der Waals surface area contributed by atoms with Crippen molar-refractivity contribution in [2.24, 2.45) is 5.92 Å². The van der Waals surface area contributed by atoms with Crippen LogP contribution in [-0.4, -0.2) is 33.6 Å². The molecule has 2 saturated heterocycles. The molecule has 0 spiro atoms. The van der Waals surface area contributed by atoms with Crippen molar-refractivity contribution < 1.29 is 9.53 Å². The highest BCUT2D eigenvalue weighted by atomic mass is 32.2. The molecule has 2 aliphatic rings. The minimum Gasteiger partial charge on any atom is -0.480 e. The topological polar surface area (TPSA) is 52.1 Å². The summed E-state index contributed by atoms with van der Waals surface area (Å²) in [6, 6.07) is 3.43. The maximum atomic E-state index is 12.5. The number of aromatic nitrogens is 2. The zero-order valence-electron chi connectivity index (χ0n) is 11.0. The van der Waals surface area contributed by atoms with Crippen LogP contribution in [0.4, 0.5) is 0 Å². The van der Waals surface area contributed by atoms with Gasteiger partial charge in [0.2, 0.25) is 5.88 Å². The van der Waals surface area contributed by atoms with E-state index in [-0.39, 0.29) is 11.7 Å². The molecule has 1 aromatic heterocycles. The van der Waals surface area contributed by atoms with Crippen LogP contribution in [0.5, 0.6) is 5.88 Å². The van der Waals surface area contributed by atoms with E-state index in [1.807, 2.05) is 0 Å². The lowest BCUT2D eigenvalue weighted by Crippen LogP contribution is -2.33. The van der Waals surface area contributed by atoms with E-state index < -0.39 is 0 Å². The van der Waals surface area contributed by atoms with E-state index in [0.29, 0.717) is 22.1 Å². The van der Waals surface area contributed by atoms with E-state index in [9.17, 15) is 4.79 Å². The highest BCUT2D eigenvalue weighted by Gasteiger charge is 2.36. The fourth-order valence-corrected chi connectivity index (χ4v) is 4.88. The largest absolute Gasteiger partial charge is 0.480 e. The van der Waals surface area contributed by atoms with Crippen molar-refractivity contribution in [1.82, 2.24) is 10.2 Å². The molecule has 2 atom stereocenters. The maximum Gasteiger partial charge on any atom is 0.233 e. The van der Waals surface area contributed by atoms with E-state index in [1.165, 1.54) is 19.3 Å². The Kier molecular flexibility index (Phi) is 3.73. The van der Waals surface area contributed by atoms with Crippen molar-refractivity contribution in [1.29, 1.82) is 0 Å². The fourth-order valence-electron chi connectivity index (χ4n) is 3.04. The number of fused-ring (bicyclic) bond motifs is 2. The molecule has 3 heterocycles. The van der Waals surface area contributed by atoms with Gasteiger partial charge in [-0.05, 0) is 31.7 Å². The maximum absolute atomic E-state index is 12.5. The van der Waals surface area contributed by atoms with Gasteiger partial charge in [-0.15, -0.1) is 10.2 Å². The third-order valence-electron chi connectivity index (χ3n) is 4.00. The number of ketones is 1. The van der Waals surface area contributed by atoms with Gasteiger partial charge < -0.3 is 4.74 Å². The molecular formula is C14H18N2O2S. The van der Waals surface area contributed by atoms with Gasteiger partial charge in [0.1, 0.15) is 5.69 Å². The number of Topliss-reactive ketones (excluding diaryl/α,β-unsaturated/α-hetero) is 1. The summed E-state index contributed by atoms with van der Waals surface area (Å²) in [7, 11) is 1.55. The zero-order chi connectivity index (χ0) is 13.2. The van der Waals surface area contributed by atoms with Gasteiger partial charge in [0, 0.05) is 22.5 Å². The Morgan fingerprint density at radius 2 is 2.00 bits per heavy atom. The van der Waals surface area contributed by atoms with Crippen LogP contribution in [0.25, 0.3) is 0 Å². The number of nitrogens with zero attached hydrogens (tertiary/aromatic N) is 2. The average Bonchev–Trinajstić information content (AvgIpc) is 2.46. The standard InChI is InChI=1S/C14H18N2O2S/c1-18-13-6-5-12(15-16-13)14(17)9-7-10-3-2-4-11(8-9)19-10/h5-6,9-11H,2-4,7-8H2,1H3. The predicted molar refractivity (Wildman–Crippen MR) is 74.7 cm³/mol. The zero-order valence-corrected chi connectivity index (χ0v) is 11.9.